The summed E-state index contributed by atoms with van der Waals surface area (Å²) in [5.41, 5.74) is 6.30. The maximum absolute atomic E-state index is 13.4. The number of benzene rings is 4. The Morgan fingerprint density at radius 2 is 1.18 bits per heavy atom. The minimum absolute atomic E-state index is 0.0291. The third-order valence-corrected chi connectivity index (χ3v) is 11.6. The van der Waals surface area contributed by atoms with E-state index < -0.39 is 55.4 Å². The molecule has 74 heavy (non-hydrogen) atoms. The number of pyridine rings is 2. The van der Waals surface area contributed by atoms with E-state index >= 15 is 0 Å². The van der Waals surface area contributed by atoms with Gasteiger partial charge < -0.3 is 30.1 Å². The molecule has 0 saturated carbocycles. The average molecular weight is 1030 g/mol. The predicted octanol–water partition coefficient (Wildman–Crippen LogP) is 13.1. The van der Waals surface area contributed by atoms with Gasteiger partial charge in [-0.25, -0.2) is 24.4 Å². The Morgan fingerprint density at radius 1 is 0.662 bits per heavy atom. The van der Waals surface area contributed by atoms with Crippen molar-refractivity contribution >= 4 is 40.7 Å². The van der Waals surface area contributed by atoms with Crippen LogP contribution in [0.15, 0.2) is 122 Å². The van der Waals surface area contributed by atoms with Gasteiger partial charge in [0, 0.05) is 58.9 Å². The molecule has 0 unspecified atom stereocenters. The van der Waals surface area contributed by atoms with Crippen molar-refractivity contribution in [3.8, 4) is 56.3 Å². The van der Waals surface area contributed by atoms with Gasteiger partial charge >= 0.3 is 30.4 Å². The van der Waals surface area contributed by atoms with E-state index in [1.807, 2.05) is 0 Å². The molecule has 14 nitrogen and oxygen atoms in total. The van der Waals surface area contributed by atoms with Crippen molar-refractivity contribution in [2.75, 3.05) is 30.4 Å². The summed E-state index contributed by atoms with van der Waals surface area (Å²) in [6.07, 6.45) is -5.47. The Morgan fingerprint density at radius 3 is 1.69 bits per heavy atom. The minimum atomic E-state index is -4.53. The lowest BCUT2D eigenvalue weighted by molar-refractivity contribution is -0.132. The summed E-state index contributed by atoms with van der Waals surface area (Å²) < 4.78 is 92.6. The fraction of sp³-hybridized carbons (Fsp3) is 0.241. The van der Waals surface area contributed by atoms with Crippen molar-refractivity contribution in [3.63, 3.8) is 0 Å². The molecule has 0 spiro atoms. The highest BCUT2D eigenvalue weighted by Crippen LogP contribution is 2.39. The molecule has 4 heterocycles. The van der Waals surface area contributed by atoms with Crippen LogP contribution < -0.4 is 15.0 Å². The summed E-state index contributed by atoms with van der Waals surface area (Å²) in [5.74, 6) is -1.55. The number of hydrogen-bond donors (Lipinski definition) is 4. The summed E-state index contributed by atoms with van der Waals surface area (Å²) in [4.78, 5) is 46.1. The summed E-state index contributed by atoms with van der Waals surface area (Å²) in [7, 11) is 1.50. The highest BCUT2D eigenvalue weighted by molar-refractivity contribution is 5.95. The number of phenols is 1. The molecule has 0 aliphatic rings. The summed E-state index contributed by atoms with van der Waals surface area (Å²) in [6, 6.07) is 26.7. The number of phenolic OH excluding ortho intramolecular Hbond substituents is 1. The summed E-state index contributed by atoms with van der Waals surface area (Å²) in [5, 5.41) is 31.9. The standard InChI is InChI=1S/C30H30F3N3O5.C24H20F3N3O3/c1-18-14-19(10-11-21(18)27(37)38)24-16-34-26-23(35(13-12-30(31,32)33)28(39)41-29(2,3)4)15-20(17-36(24)26)22-8-6-7-9-25(22)40-5;1-14-10-15(6-7-17(14)23(32)33)20-12-29-22-19(28-9-8-24(25,26)27)11-16(13-30(20)22)18-4-2-3-5-21(18)31/h6-11,14-17H,12-13H2,1-5H3,(H,37,38);2-7,10-13,28,31H,8-9H2,1H3,(H,32,33). The number of rotatable bonds is 13. The average Bonchev–Trinajstić information content (AvgIpc) is 3.95. The van der Waals surface area contributed by atoms with Gasteiger partial charge in [-0.2, -0.15) is 26.3 Å². The van der Waals surface area contributed by atoms with Crippen molar-refractivity contribution in [1.29, 1.82) is 0 Å². The fourth-order valence-electron chi connectivity index (χ4n) is 8.14. The summed E-state index contributed by atoms with van der Waals surface area (Å²) in [6.45, 7) is 7.21. The number of methoxy groups -OCH3 is 1. The summed E-state index contributed by atoms with van der Waals surface area (Å²) >= 11 is 0. The number of halogens is 6. The Kier molecular flexibility index (Phi) is 15.3. The lowest BCUT2D eigenvalue weighted by Gasteiger charge is -2.28. The van der Waals surface area contributed by atoms with Crippen LogP contribution in [0, 0.1) is 13.8 Å². The number of amides is 1. The second-order valence-corrected chi connectivity index (χ2v) is 18.1. The van der Waals surface area contributed by atoms with Gasteiger partial charge in [0.1, 0.15) is 17.1 Å². The Balaban J connectivity index is 0.000000221. The first-order valence-corrected chi connectivity index (χ1v) is 22.8. The number of aryl methyl sites for hydroxylation is 2. The molecule has 20 heteroatoms. The van der Waals surface area contributed by atoms with Crippen LogP contribution in [0.25, 0.3) is 56.1 Å². The SMILES string of the molecule is COc1ccccc1-c1cc(N(CCC(F)(F)F)C(=O)OC(C)(C)C)c2ncc(-c3ccc(C(=O)O)c(C)c3)n2c1.Cc1cc(-c2cnc3c(NCCC(F)(F)F)cc(-c4ccccc4O)cn23)ccc1C(=O)O. The number of nitrogens with one attached hydrogen (secondary N) is 1. The third-order valence-electron chi connectivity index (χ3n) is 11.6. The molecule has 0 saturated heterocycles. The Bertz CT molecular complexity index is 3400. The molecule has 8 aromatic rings. The van der Waals surface area contributed by atoms with Crippen LogP contribution >= 0.6 is 0 Å². The number of carboxylic acids is 2. The molecule has 0 fully saturated rings. The van der Waals surface area contributed by atoms with Crippen molar-refractivity contribution < 1.29 is 65.5 Å². The molecule has 4 aromatic carbocycles. The predicted molar refractivity (Wildman–Crippen MR) is 267 cm³/mol. The maximum Gasteiger partial charge on any atom is 0.414 e. The van der Waals surface area contributed by atoms with Gasteiger partial charge in [0.15, 0.2) is 11.3 Å². The van der Waals surface area contributed by atoms with E-state index in [2.05, 4.69) is 15.3 Å². The van der Waals surface area contributed by atoms with Gasteiger partial charge in [-0.1, -0.05) is 48.5 Å². The smallest absolute Gasteiger partial charge is 0.414 e. The largest absolute Gasteiger partial charge is 0.507 e. The van der Waals surface area contributed by atoms with Gasteiger partial charge in [0.2, 0.25) is 0 Å². The van der Waals surface area contributed by atoms with E-state index in [4.69, 9.17) is 9.47 Å². The number of aromatic hydroxyl groups is 1. The second-order valence-electron chi connectivity index (χ2n) is 18.1. The van der Waals surface area contributed by atoms with Gasteiger partial charge in [-0.3, -0.25) is 13.7 Å². The highest BCUT2D eigenvalue weighted by Gasteiger charge is 2.33. The first-order chi connectivity index (χ1) is 34.8. The number of hydrogen-bond acceptors (Lipinski definition) is 9. The number of fused-ring (bicyclic) bond motifs is 2. The molecule has 8 rings (SSSR count). The van der Waals surface area contributed by atoms with E-state index in [-0.39, 0.29) is 34.8 Å². The number of aromatic carboxylic acids is 2. The van der Waals surface area contributed by atoms with Crippen LogP contribution in [-0.4, -0.2) is 90.3 Å². The Labute approximate surface area is 420 Å². The molecule has 0 aliphatic heterocycles. The fourth-order valence-corrected chi connectivity index (χ4v) is 8.14. The van der Waals surface area contributed by atoms with E-state index in [1.54, 1.807) is 141 Å². The zero-order valence-corrected chi connectivity index (χ0v) is 40.8. The van der Waals surface area contributed by atoms with E-state index in [0.717, 1.165) is 4.90 Å². The number of nitrogens with zero attached hydrogens (tertiary/aromatic N) is 5. The van der Waals surface area contributed by atoms with Crippen LogP contribution in [0.5, 0.6) is 11.5 Å². The number of carbonyl (C=O) groups excluding carboxylic acids is 1. The van der Waals surface area contributed by atoms with Gasteiger partial charge in [0.05, 0.1) is 66.2 Å². The number of alkyl halides is 6. The normalized spacial score (nSPS) is 11.8. The van der Waals surface area contributed by atoms with Crippen molar-refractivity contribution in [3.05, 3.63) is 144 Å². The molecular weight excluding hydrogens is 975 g/mol. The van der Waals surface area contributed by atoms with Crippen molar-refractivity contribution in [1.82, 2.24) is 18.8 Å². The molecule has 0 radical (unpaired) electrons. The molecule has 4 N–H and O–H groups in total. The zero-order chi connectivity index (χ0) is 53.9. The van der Waals surface area contributed by atoms with Crippen molar-refractivity contribution in [2.45, 2.75) is 65.4 Å². The van der Waals surface area contributed by atoms with Crippen LogP contribution in [-0.2, 0) is 4.74 Å². The molecule has 386 valence electrons. The first-order valence-electron chi connectivity index (χ1n) is 22.8. The lowest BCUT2D eigenvalue weighted by atomic mass is 10.0. The number of carbonyl (C=O) groups is 3. The van der Waals surface area contributed by atoms with E-state index in [1.165, 1.54) is 31.5 Å². The monoisotopic (exact) mass is 1020 g/mol. The molecule has 0 atom stereocenters. The quantitative estimate of drug-likeness (QED) is 0.0807. The van der Waals surface area contributed by atoms with Gasteiger partial charge in [-0.15, -0.1) is 0 Å². The number of carboxylic acid groups (broad SMARTS) is 2. The van der Waals surface area contributed by atoms with Crippen LogP contribution in [0.2, 0.25) is 0 Å². The lowest BCUT2D eigenvalue weighted by Crippen LogP contribution is -2.39. The van der Waals surface area contributed by atoms with Crippen LogP contribution in [0.3, 0.4) is 0 Å². The van der Waals surface area contributed by atoms with E-state index in [9.17, 15) is 56.0 Å². The van der Waals surface area contributed by atoms with Crippen molar-refractivity contribution in [2.24, 2.45) is 0 Å². The topological polar surface area (TPSA) is 180 Å². The number of ether oxygens (including phenoxy) is 2. The zero-order valence-electron chi connectivity index (χ0n) is 40.8. The molecule has 0 bridgehead atoms. The highest BCUT2D eigenvalue weighted by atomic mass is 19.4. The maximum atomic E-state index is 13.4. The molecule has 0 aliphatic carbocycles. The van der Waals surface area contributed by atoms with Crippen LogP contribution in [0.4, 0.5) is 42.5 Å². The molecule has 4 aromatic heterocycles. The number of aromatic nitrogens is 4. The van der Waals surface area contributed by atoms with E-state index in [0.29, 0.717) is 73.0 Å². The number of para-hydroxylation sites is 2. The number of anilines is 2. The van der Waals surface area contributed by atoms with Gasteiger partial charge in [-0.05, 0) is 94.3 Å². The van der Waals surface area contributed by atoms with Gasteiger partial charge in [0.25, 0.3) is 0 Å². The van der Waals surface area contributed by atoms with Crippen LogP contribution in [0.1, 0.15) is 65.5 Å². The molecular formula is C54H50F6N6O8. The third kappa shape index (κ3) is 12.4. The second kappa shape index (κ2) is 21.3. The minimum Gasteiger partial charge on any atom is -0.507 e. The Hall–Kier alpha value is -8.55. The first kappa shape index (κ1) is 53.3. The molecule has 1 amide bonds. The number of imidazole rings is 2.